The van der Waals surface area contributed by atoms with Gasteiger partial charge in [0, 0.05) is 31.1 Å². The number of carbonyl (C=O) groups is 1. The van der Waals surface area contributed by atoms with Crippen molar-refractivity contribution in [2.24, 2.45) is 4.99 Å². The molecular formula is C21H35N3O2. The molecule has 5 nitrogen and oxygen atoms in total. The monoisotopic (exact) mass is 361 g/mol. The molecule has 5 heteroatoms. The number of aliphatic imine (C=N–C) groups is 1. The number of nitrogens with one attached hydrogen (secondary N) is 2. The number of nitrogens with zero attached hydrogens (tertiary/aromatic N) is 1. The summed E-state index contributed by atoms with van der Waals surface area (Å²) in [6.45, 7) is 13.2. The first-order valence-corrected chi connectivity index (χ1v) is 8.67. The summed E-state index contributed by atoms with van der Waals surface area (Å²) in [6, 6.07) is 7.59. The largest absolute Gasteiger partial charge is 0.400 e. The zero-order valence-electron chi connectivity index (χ0n) is 17.1. The molecule has 0 heterocycles. The van der Waals surface area contributed by atoms with Crippen molar-refractivity contribution >= 4 is 12.1 Å². The van der Waals surface area contributed by atoms with Crippen LogP contribution in [0.1, 0.15) is 43.1 Å². The third kappa shape index (κ3) is 15.3. The predicted octanol–water partition coefficient (Wildman–Crippen LogP) is 3.50. The number of hydrogen-bond donors (Lipinski definition) is 3. The second-order valence-electron chi connectivity index (χ2n) is 5.61. The number of carbonyl (C=O) groups excluding carboxylic acids is 1. The van der Waals surface area contributed by atoms with Crippen molar-refractivity contribution in [3.8, 4) is 0 Å². The number of hydrogen-bond acceptors (Lipinski definition) is 4. The highest BCUT2D eigenvalue weighted by Gasteiger charge is 2.02. The van der Waals surface area contributed by atoms with Crippen LogP contribution in [0.15, 0.2) is 53.2 Å². The van der Waals surface area contributed by atoms with Crippen molar-refractivity contribution in [1.29, 1.82) is 0 Å². The van der Waals surface area contributed by atoms with Crippen LogP contribution in [0.3, 0.4) is 0 Å². The lowest BCUT2D eigenvalue weighted by atomic mass is 10.1. The van der Waals surface area contributed by atoms with E-state index in [-0.39, 0.29) is 5.91 Å². The molecule has 146 valence electrons. The zero-order valence-corrected chi connectivity index (χ0v) is 17.1. The molecular weight excluding hydrogens is 326 g/mol. The summed E-state index contributed by atoms with van der Waals surface area (Å²) in [5.74, 6) is 0.00565. The van der Waals surface area contributed by atoms with Crippen LogP contribution in [0.5, 0.6) is 0 Å². The molecule has 0 radical (unpaired) electrons. The molecule has 1 amide bonds. The number of aliphatic hydroxyl groups excluding tert-OH is 1. The summed E-state index contributed by atoms with van der Waals surface area (Å²) < 4.78 is 0. The van der Waals surface area contributed by atoms with Gasteiger partial charge in [-0.25, -0.2) is 0 Å². The molecule has 0 unspecified atom stereocenters. The molecule has 0 aliphatic carbocycles. The Balaban J connectivity index is 0. The van der Waals surface area contributed by atoms with Gasteiger partial charge >= 0.3 is 0 Å². The van der Waals surface area contributed by atoms with Crippen LogP contribution in [0, 0.1) is 6.92 Å². The molecule has 0 aliphatic rings. The maximum absolute atomic E-state index is 11.6. The number of aryl methyl sites for hydroxylation is 1. The lowest BCUT2D eigenvalue weighted by Gasteiger charge is -2.04. The minimum Gasteiger partial charge on any atom is -0.400 e. The fourth-order valence-corrected chi connectivity index (χ4v) is 1.56. The molecule has 0 saturated heterocycles. The van der Waals surface area contributed by atoms with Crippen LogP contribution < -0.4 is 10.6 Å². The first kappa shape index (κ1) is 26.0. The number of rotatable bonds is 7. The van der Waals surface area contributed by atoms with Crippen LogP contribution in [-0.4, -0.2) is 44.5 Å². The Kier molecular flexibility index (Phi) is 17.6. The first-order valence-electron chi connectivity index (χ1n) is 8.67. The molecule has 3 N–H and O–H groups in total. The summed E-state index contributed by atoms with van der Waals surface area (Å²) in [5, 5.41) is 12.9. The highest BCUT2D eigenvalue weighted by atomic mass is 16.2. The van der Waals surface area contributed by atoms with Crippen molar-refractivity contribution in [2.75, 3.05) is 27.2 Å². The van der Waals surface area contributed by atoms with E-state index in [9.17, 15) is 4.79 Å². The van der Waals surface area contributed by atoms with Crippen LogP contribution in [0.25, 0.3) is 0 Å². The highest BCUT2D eigenvalue weighted by Crippen LogP contribution is 2.02. The van der Waals surface area contributed by atoms with Crippen molar-refractivity contribution in [3.05, 3.63) is 59.3 Å². The Labute approximate surface area is 158 Å². The minimum absolute atomic E-state index is 0.00565. The van der Waals surface area contributed by atoms with Gasteiger partial charge < -0.3 is 15.7 Å². The van der Waals surface area contributed by atoms with Gasteiger partial charge in [-0.15, -0.1) is 0 Å². The van der Waals surface area contributed by atoms with Crippen molar-refractivity contribution in [3.63, 3.8) is 0 Å². The van der Waals surface area contributed by atoms with Gasteiger partial charge in [-0.2, -0.15) is 0 Å². The van der Waals surface area contributed by atoms with E-state index in [2.05, 4.69) is 22.2 Å². The molecule has 0 atom stereocenters. The second-order valence-corrected chi connectivity index (χ2v) is 5.61. The summed E-state index contributed by atoms with van der Waals surface area (Å²) in [6.07, 6.45) is 4.77. The maximum Gasteiger partial charge on any atom is 0.251 e. The summed E-state index contributed by atoms with van der Waals surface area (Å²) in [7, 11) is 2.90. The smallest absolute Gasteiger partial charge is 0.251 e. The maximum atomic E-state index is 11.6. The van der Waals surface area contributed by atoms with E-state index in [1.54, 1.807) is 0 Å². The van der Waals surface area contributed by atoms with Gasteiger partial charge in [0.2, 0.25) is 0 Å². The van der Waals surface area contributed by atoms with E-state index in [1.165, 1.54) is 5.56 Å². The van der Waals surface area contributed by atoms with Gasteiger partial charge in [0.15, 0.2) is 0 Å². The third-order valence-corrected chi connectivity index (χ3v) is 3.15. The van der Waals surface area contributed by atoms with E-state index in [0.29, 0.717) is 6.54 Å². The Morgan fingerprint density at radius 1 is 1.19 bits per heavy atom. The fraction of sp³-hybridized carbons (Fsp3) is 0.429. The van der Waals surface area contributed by atoms with E-state index < -0.39 is 0 Å². The lowest BCUT2D eigenvalue weighted by molar-refractivity contribution is 0.0953. The van der Waals surface area contributed by atoms with Crippen LogP contribution in [0.2, 0.25) is 0 Å². The highest BCUT2D eigenvalue weighted by molar-refractivity contribution is 5.94. The van der Waals surface area contributed by atoms with Gasteiger partial charge in [0.1, 0.15) is 0 Å². The van der Waals surface area contributed by atoms with Crippen LogP contribution in [0.4, 0.5) is 0 Å². The normalized spacial score (nSPS) is 10.3. The number of aliphatic hydroxyl groups is 1. The summed E-state index contributed by atoms with van der Waals surface area (Å²) in [4.78, 5) is 15.6. The summed E-state index contributed by atoms with van der Waals surface area (Å²) in [5.41, 5.74) is 3.90. The van der Waals surface area contributed by atoms with Gasteiger partial charge in [0.25, 0.3) is 5.91 Å². The molecule has 1 rings (SSSR count). The topological polar surface area (TPSA) is 73.7 Å². The molecule has 1 aromatic carbocycles. The summed E-state index contributed by atoms with van der Waals surface area (Å²) >= 11 is 0. The molecule has 1 aromatic rings. The standard InChI is InChI=1S/C12H18N2O.C8H13N.CH4O/c1-10-4-6-11(7-5-10)12(15)14-9-3-8-13-2;1-5-8(4)6-9-7(2)3;1-2/h4-7,13H,3,8-9H2,1-2H3,(H,14,15);5-6H,2H2,1,3-4H3;2H,1H3/b;8-5-,9-6?;. The van der Waals surface area contributed by atoms with Gasteiger partial charge in [-0.05, 0) is 65.4 Å². The third-order valence-electron chi connectivity index (χ3n) is 3.15. The lowest BCUT2D eigenvalue weighted by Crippen LogP contribution is -2.26. The van der Waals surface area contributed by atoms with Crippen molar-refractivity contribution in [1.82, 2.24) is 10.6 Å². The first-order chi connectivity index (χ1) is 12.4. The van der Waals surface area contributed by atoms with E-state index in [1.807, 2.05) is 71.3 Å². The predicted molar refractivity (Wildman–Crippen MR) is 113 cm³/mol. The van der Waals surface area contributed by atoms with E-state index in [4.69, 9.17) is 5.11 Å². The quantitative estimate of drug-likeness (QED) is 0.514. The number of benzene rings is 1. The van der Waals surface area contributed by atoms with Crippen LogP contribution in [-0.2, 0) is 0 Å². The second kappa shape index (κ2) is 17.6. The number of allylic oxidation sites excluding steroid dienone is 3. The zero-order chi connectivity index (χ0) is 20.4. The Bertz CT molecular complexity index is 561. The van der Waals surface area contributed by atoms with Gasteiger partial charge in [-0.3, -0.25) is 9.79 Å². The molecule has 0 bridgehead atoms. The molecule has 0 aliphatic heterocycles. The van der Waals surface area contributed by atoms with Crippen LogP contribution >= 0.6 is 0 Å². The van der Waals surface area contributed by atoms with Gasteiger partial charge in [-0.1, -0.05) is 30.4 Å². The molecule has 0 spiro atoms. The average Bonchev–Trinajstić information content (AvgIpc) is 2.65. The van der Waals surface area contributed by atoms with Gasteiger partial charge in [0.05, 0.1) is 0 Å². The average molecular weight is 362 g/mol. The number of amides is 1. The minimum atomic E-state index is 0.00565. The Hall–Kier alpha value is -2.24. The fourth-order valence-electron chi connectivity index (χ4n) is 1.56. The van der Waals surface area contributed by atoms with Crippen molar-refractivity contribution in [2.45, 2.75) is 34.1 Å². The van der Waals surface area contributed by atoms with E-state index in [0.717, 1.165) is 36.9 Å². The molecule has 0 fully saturated rings. The van der Waals surface area contributed by atoms with Crippen molar-refractivity contribution < 1.29 is 9.90 Å². The molecule has 26 heavy (non-hydrogen) atoms. The Morgan fingerprint density at radius 2 is 1.77 bits per heavy atom. The Morgan fingerprint density at radius 3 is 2.23 bits per heavy atom. The molecule has 0 saturated carbocycles. The SMILES string of the molecule is C=C(C)N=C/C(C)=C\C.CNCCCNC(=O)c1ccc(C)cc1.CO. The molecule has 0 aromatic heterocycles. The van der Waals surface area contributed by atoms with E-state index >= 15 is 0 Å².